The normalized spacial score (nSPS) is 20.2. The Morgan fingerprint density at radius 3 is 2.47 bits per heavy atom. The third kappa shape index (κ3) is 6.58. The predicted molar refractivity (Wildman–Crippen MR) is 112 cm³/mol. The first-order chi connectivity index (χ1) is 14.8. The maximum absolute atomic E-state index is 12.4. The minimum absolute atomic E-state index is 0.0821. The lowest BCUT2D eigenvalue weighted by Gasteiger charge is -2.29. The number of sulfonamides is 1. The van der Waals surface area contributed by atoms with Gasteiger partial charge in [0.05, 0.1) is 4.75 Å². The number of benzene rings is 1. The molecule has 1 aliphatic carbocycles. The Morgan fingerprint density at radius 2 is 1.84 bits per heavy atom. The van der Waals surface area contributed by atoms with Crippen LogP contribution in [0.1, 0.15) is 46.5 Å². The number of alkyl halides is 3. The number of nitrogens with zero attached hydrogens (tertiary/aromatic N) is 2. The number of aromatic nitrogens is 2. The average Bonchev–Trinajstić information content (AvgIpc) is 3.14. The van der Waals surface area contributed by atoms with Gasteiger partial charge in [-0.2, -0.15) is 4.98 Å². The zero-order valence-corrected chi connectivity index (χ0v) is 18.9. The van der Waals surface area contributed by atoms with E-state index in [0.29, 0.717) is 12.1 Å². The zero-order chi connectivity index (χ0) is 23.6. The largest absolute Gasteiger partial charge is 0.573 e. The molecule has 8 nitrogen and oxygen atoms in total. The Balaban J connectivity index is 1.51. The highest BCUT2D eigenvalue weighted by Crippen LogP contribution is 2.29. The Bertz CT molecular complexity index is 1010. The van der Waals surface area contributed by atoms with Gasteiger partial charge in [0.15, 0.2) is 0 Å². The molecule has 1 heterocycles. The monoisotopic (exact) mass is 476 g/mol. The van der Waals surface area contributed by atoms with Crippen LogP contribution in [0.4, 0.5) is 19.2 Å². The maximum Gasteiger partial charge on any atom is 0.573 e. The van der Waals surface area contributed by atoms with Crippen LogP contribution < -0.4 is 14.8 Å². The van der Waals surface area contributed by atoms with Gasteiger partial charge in [-0.3, -0.25) is 0 Å². The topological polar surface area (TPSA) is 106 Å². The van der Waals surface area contributed by atoms with E-state index in [2.05, 4.69) is 24.9 Å². The molecule has 1 aromatic carbocycles. The Morgan fingerprint density at radius 1 is 1.16 bits per heavy atom. The van der Waals surface area contributed by atoms with Gasteiger partial charge in [-0.1, -0.05) is 17.3 Å². The minimum atomic E-state index is -4.78. The molecule has 2 N–H and O–H groups in total. The molecule has 0 radical (unpaired) electrons. The summed E-state index contributed by atoms with van der Waals surface area (Å²) in [5, 5.41) is 6.97. The lowest BCUT2D eigenvalue weighted by atomic mass is 9.86. The van der Waals surface area contributed by atoms with Crippen LogP contribution in [0.25, 0.3) is 11.4 Å². The molecule has 12 heteroatoms. The van der Waals surface area contributed by atoms with E-state index in [-0.39, 0.29) is 29.5 Å². The van der Waals surface area contributed by atoms with E-state index >= 15 is 0 Å². The molecule has 1 aliphatic rings. The first-order valence-corrected chi connectivity index (χ1v) is 11.8. The lowest BCUT2D eigenvalue weighted by molar-refractivity contribution is -0.274. The fourth-order valence-electron chi connectivity index (χ4n) is 3.36. The van der Waals surface area contributed by atoms with Gasteiger partial charge >= 0.3 is 12.4 Å². The van der Waals surface area contributed by atoms with E-state index in [9.17, 15) is 21.6 Å². The zero-order valence-electron chi connectivity index (χ0n) is 18.1. The van der Waals surface area contributed by atoms with Gasteiger partial charge in [-0.25, -0.2) is 13.1 Å². The van der Waals surface area contributed by atoms with Crippen molar-refractivity contribution in [3.63, 3.8) is 0 Å². The molecule has 3 rings (SSSR count). The van der Waals surface area contributed by atoms with Crippen molar-refractivity contribution in [1.82, 2.24) is 14.9 Å². The van der Waals surface area contributed by atoms with Crippen molar-refractivity contribution in [3.05, 3.63) is 24.3 Å². The summed E-state index contributed by atoms with van der Waals surface area (Å²) in [6.07, 6.45) is -1.51. The molecule has 0 saturated heterocycles. The molecule has 0 spiro atoms. The smallest absolute Gasteiger partial charge is 0.406 e. The van der Waals surface area contributed by atoms with Crippen molar-refractivity contribution in [3.8, 4) is 17.1 Å². The second-order valence-corrected chi connectivity index (χ2v) is 11.3. The first kappa shape index (κ1) is 24.3. The summed E-state index contributed by atoms with van der Waals surface area (Å²) in [7, 11) is -3.37. The third-order valence-electron chi connectivity index (χ3n) is 5.29. The summed E-state index contributed by atoms with van der Waals surface area (Å²) in [4.78, 5) is 4.21. The minimum Gasteiger partial charge on any atom is -0.406 e. The van der Waals surface area contributed by atoms with Crippen LogP contribution in [0.5, 0.6) is 5.75 Å². The number of ether oxygens (including phenoxy) is 1. The molecule has 1 fully saturated rings. The number of anilines is 1. The van der Waals surface area contributed by atoms with Gasteiger partial charge in [0, 0.05) is 18.2 Å². The second kappa shape index (κ2) is 9.26. The predicted octanol–water partition coefficient (Wildman–Crippen LogP) is 4.32. The van der Waals surface area contributed by atoms with E-state index in [0.717, 1.165) is 25.7 Å². The van der Waals surface area contributed by atoms with Crippen LogP contribution >= 0.6 is 0 Å². The van der Waals surface area contributed by atoms with Gasteiger partial charge in [-0.15, -0.1) is 13.2 Å². The van der Waals surface area contributed by atoms with Gasteiger partial charge < -0.3 is 14.6 Å². The van der Waals surface area contributed by atoms with Crippen molar-refractivity contribution in [2.24, 2.45) is 5.92 Å². The molecule has 1 aromatic heterocycles. The SMILES string of the molecule is CC(C)(C)S(=O)(=O)NC[C@H]1CC[C@H](Nc2nc(-c3cccc(OC(F)(F)F)c3)no2)CC1. The van der Waals surface area contributed by atoms with Crippen molar-refractivity contribution in [1.29, 1.82) is 0 Å². The van der Waals surface area contributed by atoms with E-state index in [4.69, 9.17) is 4.52 Å². The molecule has 178 valence electrons. The molecular formula is C20H27F3N4O4S. The van der Waals surface area contributed by atoms with Crippen LogP contribution in [-0.2, 0) is 10.0 Å². The summed E-state index contributed by atoms with van der Waals surface area (Å²) in [5.41, 5.74) is 0.332. The highest BCUT2D eigenvalue weighted by molar-refractivity contribution is 7.90. The molecule has 0 bridgehead atoms. The molecule has 2 aromatic rings. The van der Waals surface area contributed by atoms with E-state index in [1.165, 1.54) is 18.2 Å². The first-order valence-electron chi connectivity index (χ1n) is 10.3. The Labute approximate surface area is 185 Å². The summed E-state index contributed by atoms with van der Waals surface area (Å²) < 4.78 is 72.6. The fourth-order valence-corrected chi connectivity index (χ4v) is 4.25. The number of hydrogen-bond acceptors (Lipinski definition) is 7. The van der Waals surface area contributed by atoms with Gasteiger partial charge in [0.25, 0.3) is 0 Å². The van der Waals surface area contributed by atoms with Crippen molar-refractivity contribution >= 4 is 16.0 Å². The van der Waals surface area contributed by atoms with Gasteiger partial charge in [0.2, 0.25) is 15.8 Å². The summed E-state index contributed by atoms with van der Waals surface area (Å²) in [6, 6.07) is 5.61. The molecule has 1 saturated carbocycles. The average molecular weight is 477 g/mol. The van der Waals surface area contributed by atoms with Crippen molar-refractivity contribution in [2.75, 3.05) is 11.9 Å². The van der Waals surface area contributed by atoms with Crippen LogP contribution in [0.2, 0.25) is 0 Å². The molecule has 0 atom stereocenters. The number of nitrogens with one attached hydrogen (secondary N) is 2. The molecule has 0 aliphatic heterocycles. The van der Waals surface area contributed by atoms with Crippen LogP contribution in [0.15, 0.2) is 28.8 Å². The second-order valence-electron chi connectivity index (χ2n) is 8.83. The Hall–Kier alpha value is -2.34. The molecule has 0 amide bonds. The number of hydrogen-bond donors (Lipinski definition) is 2. The molecule has 32 heavy (non-hydrogen) atoms. The van der Waals surface area contributed by atoms with Crippen LogP contribution in [0, 0.1) is 5.92 Å². The Kier molecular flexibility index (Phi) is 7.03. The van der Waals surface area contributed by atoms with Crippen molar-refractivity contribution in [2.45, 2.75) is 63.6 Å². The van der Waals surface area contributed by atoms with Gasteiger partial charge in [-0.05, 0) is 64.5 Å². The quantitative estimate of drug-likeness (QED) is 0.613. The van der Waals surface area contributed by atoms with E-state index < -0.39 is 21.1 Å². The van der Waals surface area contributed by atoms with Crippen molar-refractivity contribution < 1.29 is 30.8 Å². The third-order valence-corrected chi connectivity index (χ3v) is 7.45. The van der Waals surface area contributed by atoms with Gasteiger partial charge in [0.1, 0.15) is 5.75 Å². The summed E-state index contributed by atoms with van der Waals surface area (Å²) in [6.45, 7) is 5.39. The number of rotatable bonds is 7. The van der Waals surface area contributed by atoms with E-state index in [1.807, 2.05) is 0 Å². The fraction of sp³-hybridized carbons (Fsp3) is 0.600. The van der Waals surface area contributed by atoms with Crippen LogP contribution in [-0.4, -0.2) is 42.3 Å². The highest BCUT2D eigenvalue weighted by atomic mass is 32.2. The van der Waals surface area contributed by atoms with E-state index in [1.54, 1.807) is 26.8 Å². The number of halogens is 3. The highest BCUT2D eigenvalue weighted by Gasteiger charge is 2.32. The lowest BCUT2D eigenvalue weighted by Crippen LogP contribution is -2.42. The summed E-state index contributed by atoms with van der Waals surface area (Å²) in [5.74, 6) is 0.0277. The molecule has 0 unspecified atom stereocenters. The maximum atomic E-state index is 12.4. The van der Waals surface area contributed by atoms with Crippen LogP contribution in [0.3, 0.4) is 0 Å². The standard InChI is InChI=1S/C20H27F3N4O4S/c1-19(2,3)32(28,29)24-12-13-7-9-15(10-8-13)25-18-26-17(27-31-18)14-5-4-6-16(11-14)30-20(21,22)23/h4-6,11,13,15,24H,7-10,12H2,1-3H3,(H,25,26,27)/t13-,15-. The molecular weight excluding hydrogens is 449 g/mol. The summed E-state index contributed by atoms with van der Waals surface area (Å²) >= 11 is 0.